The van der Waals surface area contributed by atoms with Crippen LogP contribution in [0.2, 0.25) is 5.02 Å². The number of hydrogen-bond acceptors (Lipinski definition) is 2. The van der Waals surface area contributed by atoms with Gasteiger partial charge in [-0.05, 0) is 25.0 Å². The van der Waals surface area contributed by atoms with E-state index in [1.165, 1.54) is 0 Å². The third-order valence-electron chi connectivity index (χ3n) is 4.10. The van der Waals surface area contributed by atoms with Gasteiger partial charge in [0.1, 0.15) is 5.82 Å². The quantitative estimate of drug-likeness (QED) is 0.801. The molecule has 2 heterocycles. The van der Waals surface area contributed by atoms with E-state index in [0.717, 1.165) is 29.9 Å². The second-order valence-electron chi connectivity index (χ2n) is 5.17. The minimum absolute atomic E-state index is 0.124. The van der Waals surface area contributed by atoms with Crippen LogP contribution in [0.25, 0.3) is 0 Å². The monoisotopic (exact) mass is 273 g/mol. The first-order chi connectivity index (χ1) is 9.15. The maximum Gasteiger partial charge on any atom is 0.243 e. The molecule has 4 rings (SSSR count). The van der Waals surface area contributed by atoms with Gasteiger partial charge in [-0.25, -0.2) is 0 Å². The van der Waals surface area contributed by atoms with Crippen molar-refractivity contribution in [2.75, 3.05) is 4.90 Å². The summed E-state index contributed by atoms with van der Waals surface area (Å²) in [6.45, 7) is 0. The first-order valence-corrected chi connectivity index (χ1v) is 6.64. The van der Waals surface area contributed by atoms with Crippen molar-refractivity contribution in [3.05, 3.63) is 41.0 Å². The zero-order valence-electron chi connectivity index (χ0n) is 10.4. The maximum atomic E-state index is 12.8. The molecule has 0 atom stereocenters. The van der Waals surface area contributed by atoms with Crippen LogP contribution in [-0.4, -0.2) is 15.7 Å². The number of halogens is 1. The number of anilines is 2. The highest BCUT2D eigenvalue weighted by Crippen LogP contribution is 2.60. The van der Waals surface area contributed by atoms with Gasteiger partial charge in [-0.2, -0.15) is 5.10 Å². The van der Waals surface area contributed by atoms with Crippen LogP contribution in [0.4, 0.5) is 11.5 Å². The van der Waals surface area contributed by atoms with Gasteiger partial charge in [0.15, 0.2) is 0 Å². The Bertz CT molecular complexity index is 702. The summed E-state index contributed by atoms with van der Waals surface area (Å²) in [6, 6.07) is 7.56. The Hall–Kier alpha value is -1.81. The number of rotatable bonds is 1. The summed E-state index contributed by atoms with van der Waals surface area (Å²) >= 11 is 6.32. The standard InChI is InChI=1S/C14H12ClN3O/c1-17-11(5-8-16-17)18-10-4-2-3-9(15)12(10)14(6-7-14)13(18)19/h2-5,8H,6-7H2,1H3. The number of nitrogens with zero attached hydrogens (tertiary/aromatic N) is 3. The summed E-state index contributed by atoms with van der Waals surface area (Å²) in [4.78, 5) is 14.5. The van der Waals surface area contributed by atoms with Gasteiger partial charge in [-0.1, -0.05) is 17.7 Å². The van der Waals surface area contributed by atoms with Gasteiger partial charge in [0.25, 0.3) is 0 Å². The molecule has 96 valence electrons. The van der Waals surface area contributed by atoms with Crippen molar-refractivity contribution in [1.29, 1.82) is 0 Å². The molecular formula is C14H12ClN3O. The van der Waals surface area contributed by atoms with Gasteiger partial charge in [-0.15, -0.1) is 0 Å². The molecule has 0 bridgehead atoms. The highest BCUT2D eigenvalue weighted by atomic mass is 35.5. The zero-order chi connectivity index (χ0) is 13.2. The lowest BCUT2D eigenvalue weighted by Crippen LogP contribution is -2.29. The Balaban J connectivity index is 1.99. The highest BCUT2D eigenvalue weighted by molar-refractivity contribution is 6.33. The minimum Gasteiger partial charge on any atom is -0.273 e. The first-order valence-electron chi connectivity index (χ1n) is 6.27. The van der Waals surface area contributed by atoms with Gasteiger partial charge >= 0.3 is 0 Å². The molecule has 1 saturated carbocycles. The Labute approximate surface area is 115 Å². The lowest BCUT2D eigenvalue weighted by atomic mass is 9.98. The van der Waals surface area contributed by atoms with Crippen LogP contribution in [0.1, 0.15) is 18.4 Å². The van der Waals surface area contributed by atoms with Crippen molar-refractivity contribution in [2.45, 2.75) is 18.3 Å². The predicted molar refractivity (Wildman–Crippen MR) is 72.7 cm³/mol. The highest BCUT2D eigenvalue weighted by Gasteiger charge is 2.60. The molecule has 1 spiro atoms. The van der Waals surface area contributed by atoms with Crippen molar-refractivity contribution >= 4 is 29.0 Å². The van der Waals surface area contributed by atoms with Crippen molar-refractivity contribution in [1.82, 2.24) is 9.78 Å². The predicted octanol–water partition coefficient (Wildman–Crippen LogP) is 2.78. The topological polar surface area (TPSA) is 38.1 Å². The Morgan fingerprint density at radius 2 is 2.11 bits per heavy atom. The molecule has 2 aromatic rings. The molecule has 0 N–H and O–H groups in total. The SMILES string of the molecule is Cn1nccc1N1C(=O)C2(CC2)c2c(Cl)cccc21. The fraction of sp³-hybridized carbons (Fsp3) is 0.286. The van der Waals surface area contributed by atoms with E-state index in [-0.39, 0.29) is 11.3 Å². The molecule has 19 heavy (non-hydrogen) atoms. The molecule has 2 aliphatic rings. The Kier molecular flexibility index (Phi) is 1.97. The Morgan fingerprint density at radius 3 is 2.74 bits per heavy atom. The number of aryl methyl sites for hydroxylation is 1. The van der Waals surface area contributed by atoms with Gasteiger partial charge in [0.2, 0.25) is 5.91 Å². The fourth-order valence-electron chi connectivity index (χ4n) is 3.01. The summed E-state index contributed by atoms with van der Waals surface area (Å²) < 4.78 is 1.71. The van der Waals surface area contributed by atoms with Crippen molar-refractivity contribution in [3.8, 4) is 0 Å². The molecule has 0 radical (unpaired) electrons. The fourth-order valence-corrected chi connectivity index (χ4v) is 3.36. The van der Waals surface area contributed by atoms with E-state index >= 15 is 0 Å². The summed E-state index contributed by atoms with van der Waals surface area (Å²) in [5, 5.41) is 4.84. The molecule has 4 nitrogen and oxygen atoms in total. The van der Waals surface area contributed by atoms with E-state index in [1.54, 1.807) is 15.8 Å². The summed E-state index contributed by atoms with van der Waals surface area (Å²) in [5.74, 6) is 0.913. The lowest BCUT2D eigenvalue weighted by Gasteiger charge is -2.17. The Morgan fingerprint density at radius 1 is 1.32 bits per heavy atom. The largest absolute Gasteiger partial charge is 0.273 e. The number of aromatic nitrogens is 2. The van der Waals surface area contributed by atoms with Gasteiger partial charge in [0, 0.05) is 23.7 Å². The molecule has 1 aromatic heterocycles. The average molecular weight is 274 g/mol. The normalized spacial score (nSPS) is 19.1. The van der Waals surface area contributed by atoms with Crippen LogP contribution in [0.5, 0.6) is 0 Å². The number of fused-ring (bicyclic) bond motifs is 2. The molecule has 0 unspecified atom stereocenters. The van der Waals surface area contributed by atoms with Crippen molar-refractivity contribution in [2.24, 2.45) is 7.05 Å². The van der Waals surface area contributed by atoms with Crippen LogP contribution < -0.4 is 4.90 Å². The number of amides is 1. The zero-order valence-corrected chi connectivity index (χ0v) is 11.2. The van der Waals surface area contributed by atoms with Crippen LogP contribution >= 0.6 is 11.6 Å². The molecule has 1 aliphatic carbocycles. The lowest BCUT2D eigenvalue weighted by molar-refractivity contribution is -0.119. The number of carbonyl (C=O) groups is 1. The van der Waals surface area contributed by atoms with Crippen molar-refractivity contribution in [3.63, 3.8) is 0 Å². The second kappa shape index (κ2) is 3.39. The van der Waals surface area contributed by atoms with E-state index in [0.29, 0.717) is 5.02 Å². The van der Waals surface area contributed by atoms with E-state index < -0.39 is 0 Å². The van der Waals surface area contributed by atoms with Crippen LogP contribution in [-0.2, 0) is 17.3 Å². The number of hydrogen-bond donors (Lipinski definition) is 0. The van der Waals surface area contributed by atoms with Crippen LogP contribution in [0, 0.1) is 0 Å². The third kappa shape index (κ3) is 1.24. The summed E-state index contributed by atoms with van der Waals surface area (Å²) in [6.07, 6.45) is 3.47. The smallest absolute Gasteiger partial charge is 0.243 e. The molecule has 0 saturated heterocycles. The molecule has 1 aromatic carbocycles. The second-order valence-corrected chi connectivity index (χ2v) is 5.58. The van der Waals surface area contributed by atoms with E-state index in [4.69, 9.17) is 11.6 Å². The van der Waals surface area contributed by atoms with Crippen LogP contribution in [0.3, 0.4) is 0 Å². The molecular weight excluding hydrogens is 262 g/mol. The van der Waals surface area contributed by atoms with Gasteiger partial charge in [-0.3, -0.25) is 14.4 Å². The maximum absolute atomic E-state index is 12.8. The van der Waals surface area contributed by atoms with E-state index in [1.807, 2.05) is 31.3 Å². The molecule has 1 amide bonds. The van der Waals surface area contributed by atoms with E-state index in [2.05, 4.69) is 5.10 Å². The average Bonchev–Trinajstić information content (AvgIpc) is 3.02. The summed E-state index contributed by atoms with van der Waals surface area (Å²) in [7, 11) is 1.84. The minimum atomic E-state index is -0.377. The number of carbonyl (C=O) groups excluding carboxylic acids is 1. The molecule has 1 aliphatic heterocycles. The summed E-state index contributed by atoms with van der Waals surface area (Å²) in [5.41, 5.74) is 1.51. The van der Waals surface area contributed by atoms with Crippen LogP contribution in [0.15, 0.2) is 30.5 Å². The molecule has 5 heteroatoms. The van der Waals surface area contributed by atoms with Crippen molar-refractivity contribution < 1.29 is 4.79 Å². The van der Waals surface area contributed by atoms with Gasteiger partial charge < -0.3 is 0 Å². The molecule has 1 fully saturated rings. The van der Waals surface area contributed by atoms with E-state index in [9.17, 15) is 4.79 Å². The van der Waals surface area contributed by atoms with Gasteiger partial charge in [0.05, 0.1) is 17.3 Å². The third-order valence-corrected chi connectivity index (χ3v) is 4.41. The first kappa shape index (κ1) is 11.1. The number of benzene rings is 1.